The standard InChI is InChI=1S/C13H26ClNO/c1-3-4-12(7-8-14)9-15-10-13-6-5-11(2)16-13/h11-13,15H,3-10H2,1-2H3. The normalized spacial score (nSPS) is 27.2. The Kier molecular flexibility index (Phi) is 7.42. The minimum Gasteiger partial charge on any atom is -0.374 e. The monoisotopic (exact) mass is 247 g/mol. The lowest BCUT2D eigenvalue weighted by Crippen LogP contribution is -2.31. The predicted molar refractivity (Wildman–Crippen MR) is 70.2 cm³/mol. The van der Waals surface area contributed by atoms with Gasteiger partial charge in [0, 0.05) is 12.4 Å². The highest BCUT2D eigenvalue weighted by atomic mass is 35.5. The molecule has 1 N–H and O–H groups in total. The van der Waals surface area contributed by atoms with Crippen LogP contribution in [0, 0.1) is 5.92 Å². The van der Waals surface area contributed by atoms with E-state index in [2.05, 4.69) is 19.2 Å². The fourth-order valence-corrected chi connectivity index (χ4v) is 2.70. The van der Waals surface area contributed by atoms with E-state index in [0.717, 1.165) is 31.3 Å². The highest BCUT2D eigenvalue weighted by Gasteiger charge is 2.21. The van der Waals surface area contributed by atoms with Crippen LogP contribution < -0.4 is 5.32 Å². The highest BCUT2D eigenvalue weighted by molar-refractivity contribution is 6.17. The van der Waals surface area contributed by atoms with E-state index in [-0.39, 0.29) is 0 Å². The van der Waals surface area contributed by atoms with Crippen LogP contribution in [0.1, 0.15) is 46.0 Å². The Hall–Kier alpha value is 0.210. The Morgan fingerprint density at radius 2 is 2.19 bits per heavy atom. The molecule has 0 aliphatic carbocycles. The second-order valence-corrected chi connectivity index (χ2v) is 5.31. The van der Waals surface area contributed by atoms with E-state index in [4.69, 9.17) is 16.3 Å². The van der Waals surface area contributed by atoms with Crippen LogP contribution in [0.25, 0.3) is 0 Å². The van der Waals surface area contributed by atoms with Gasteiger partial charge in [0.1, 0.15) is 0 Å². The predicted octanol–water partition coefficient (Wildman–Crippen LogP) is 3.19. The molecule has 3 heteroatoms. The third-order valence-electron chi connectivity index (χ3n) is 3.34. The van der Waals surface area contributed by atoms with Crippen LogP contribution in [0.3, 0.4) is 0 Å². The molecule has 0 aromatic heterocycles. The fourth-order valence-electron chi connectivity index (χ4n) is 2.39. The Morgan fingerprint density at radius 1 is 1.38 bits per heavy atom. The lowest BCUT2D eigenvalue weighted by molar-refractivity contribution is 0.0554. The van der Waals surface area contributed by atoms with E-state index in [1.807, 2.05) is 0 Å². The van der Waals surface area contributed by atoms with Gasteiger partial charge >= 0.3 is 0 Å². The van der Waals surface area contributed by atoms with Crippen molar-refractivity contribution in [2.75, 3.05) is 19.0 Å². The molecule has 1 fully saturated rings. The molecular weight excluding hydrogens is 222 g/mol. The maximum Gasteiger partial charge on any atom is 0.0704 e. The molecule has 1 saturated heterocycles. The second kappa shape index (κ2) is 8.32. The van der Waals surface area contributed by atoms with E-state index < -0.39 is 0 Å². The van der Waals surface area contributed by atoms with E-state index >= 15 is 0 Å². The average Bonchev–Trinajstić information content (AvgIpc) is 2.65. The van der Waals surface area contributed by atoms with Crippen molar-refractivity contribution in [3.05, 3.63) is 0 Å². The summed E-state index contributed by atoms with van der Waals surface area (Å²) in [5.41, 5.74) is 0. The summed E-state index contributed by atoms with van der Waals surface area (Å²) in [5.74, 6) is 1.52. The van der Waals surface area contributed by atoms with Crippen molar-refractivity contribution < 1.29 is 4.74 Å². The molecule has 0 radical (unpaired) electrons. The number of rotatable bonds is 8. The quantitative estimate of drug-likeness (QED) is 0.666. The third-order valence-corrected chi connectivity index (χ3v) is 3.56. The van der Waals surface area contributed by atoms with E-state index in [0.29, 0.717) is 12.2 Å². The molecule has 1 aliphatic heterocycles. The summed E-state index contributed by atoms with van der Waals surface area (Å²) < 4.78 is 5.77. The molecule has 1 rings (SSSR count). The lowest BCUT2D eigenvalue weighted by atomic mass is 10.0. The van der Waals surface area contributed by atoms with Gasteiger partial charge in [0.15, 0.2) is 0 Å². The summed E-state index contributed by atoms with van der Waals surface area (Å²) in [6.07, 6.45) is 6.98. The van der Waals surface area contributed by atoms with Crippen molar-refractivity contribution in [3.63, 3.8) is 0 Å². The highest BCUT2D eigenvalue weighted by Crippen LogP contribution is 2.18. The van der Waals surface area contributed by atoms with Crippen molar-refractivity contribution >= 4 is 11.6 Å². The Labute approximate surface area is 105 Å². The van der Waals surface area contributed by atoms with Crippen LogP contribution in [0.5, 0.6) is 0 Å². The molecule has 16 heavy (non-hydrogen) atoms. The van der Waals surface area contributed by atoms with Gasteiger partial charge in [0.05, 0.1) is 12.2 Å². The summed E-state index contributed by atoms with van der Waals surface area (Å²) in [4.78, 5) is 0. The van der Waals surface area contributed by atoms with Crippen LogP contribution in [0.15, 0.2) is 0 Å². The lowest BCUT2D eigenvalue weighted by Gasteiger charge is -2.17. The number of ether oxygens (including phenoxy) is 1. The van der Waals surface area contributed by atoms with Gasteiger partial charge < -0.3 is 10.1 Å². The van der Waals surface area contributed by atoms with Gasteiger partial charge in [0.2, 0.25) is 0 Å². The van der Waals surface area contributed by atoms with Crippen LogP contribution in [0.2, 0.25) is 0 Å². The Morgan fingerprint density at radius 3 is 2.75 bits per heavy atom. The first-order valence-electron chi connectivity index (χ1n) is 6.68. The van der Waals surface area contributed by atoms with Gasteiger partial charge in [-0.2, -0.15) is 0 Å². The Bertz CT molecular complexity index is 171. The molecule has 0 amide bonds. The molecule has 0 aromatic rings. The second-order valence-electron chi connectivity index (χ2n) is 4.94. The van der Waals surface area contributed by atoms with Gasteiger partial charge in [-0.25, -0.2) is 0 Å². The van der Waals surface area contributed by atoms with Crippen molar-refractivity contribution in [2.45, 2.75) is 58.2 Å². The summed E-state index contributed by atoms with van der Waals surface area (Å²) >= 11 is 5.80. The summed E-state index contributed by atoms with van der Waals surface area (Å²) in [6.45, 7) is 6.50. The van der Waals surface area contributed by atoms with Crippen LogP contribution in [-0.2, 0) is 4.74 Å². The molecule has 2 nitrogen and oxygen atoms in total. The molecule has 1 aliphatic rings. The minimum absolute atomic E-state index is 0.438. The summed E-state index contributed by atoms with van der Waals surface area (Å²) in [7, 11) is 0. The SMILES string of the molecule is CCCC(CCCl)CNCC1CCC(C)O1. The van der Waals surface area contributed by atoms with Crippen LogP contribution in [0.4, 0.5) is 0 Å². The number of hydrogen-bond acceptors (Lipinski definition) is 2. The van der Waals surface area contributed by atoms with Crippen molar-refractivity contribution in [1.82, 2.24) is 5.32 Å². The molecule has 1 heterocycles. The van der Waals surface area contributed by atoms with Gasteiger partial charge in [-0.05, 0) is 45.1 Å². The average molecular weight is 248 g/mol. The fraction of sp³-hybridized carbons (Fsp3) is 1.00. The molecule has 0 saturated carbocycles. The van der Waals surface area contributed by atoms with E-state index in [1.165, 1.54) is 25.7 Å². The summed E-state index contributed by atoms with van der Waals surface area (Å²) in [6, 6.07) is 0. The van der Waals surface area contributed by atoms with Crippen LogP contribution in [-0.4, -0.2) is 31.2 Å². The maximum atomic E-state index is 5.80. The smallest absolute Gasteiger partial charge is 0.0704 e. The minimum atomic E-state index is 0.438. The number of hydrogen-bond donors (Lipinski definition) is 1. The molecule has 0 bridgehead atoms. The first kappa shape index (κ1) is 14.3. The van der Waals surface area contributed by atoms with Gasteiger partial charge in [-0.15, -0.1) is 11.6 Å². The maximum absolute atomic E-state index is 5.80. The van der Waals surface area contributed by atoms with Crippen LogP contribution >= 0.6 is 11.6 Å². The van der Waals surface area contributed by atoms with E-state index in [1.54, 1.807) is 0 Å². The van der Waals surface area contributed by atoms with Crippen molar-refractivity contribution in [1.29, 1.82) is 0 Å². The zero-order valence-corrected chi connectivity index (χ0v) is 11.4. The molecule has 0 aromatic carbocycles. The number of alkyl halides is 1. The number of halogens is 1. The first-order chi connectivity index (χ1) is 7.76. The van der Waals surface area contributed by atoms with E-state index in [9.17, 15) is 0 Å². The molecule has 3 atom stereocenters. The molecule has 0 spiro atoms. The Balaban J connectivity index is 2.07. The zero-order chi connectivity index (χ0) is 11.8. The number of nitrogens with one attached hydrogen (secondary N) is 1. The van der Waals surface area contributed by atoms with Gasteiger partial charge in [-0.3, -0.25) is 0 Å². The molecule has 96 valence electrons. The van der Waals surface area contributed by atoms with Gasteiger partial charge in [0.25, 0.3) is 0 Å². The molecule has 3 unspecified atom stereocenters. The van der Waals surface area contributed by atoms with Crippen molar-refractivity contribution in [2.24, 2.45) is 5.92 Å². The first-order valence-corrected chi connectivity index (χ1v) is 7.21. The summed E-state index contributed by atoms with van der Waals surface area (Å²) in [5, 5.41) is 3.53. The van der Waals surface area contributed by atoms with Crippen molar-refractivity contribution in [3.8, 4) is 0 Å². The van der Waals surface area contributed by atoms with Gasteiger partial charge in [-0.1, -0.05) is 13.3 Å². The molecular formula is C13H26ClNO. The largest absolute Gasteiger partial charge is 0.374 e. The zero-order valence-electron chi connectivity index (χ0n) is 10.7. The topological polar surface area (TPSA) is 21.3 Å². The third kappa shape index (κ3) is 5.51.